The van der Waals surface area contributed by atoms with Crippen LogP contribution >= 0.6 is 0 Å². The maximum absolute atomic E-state index is 12.3. The Hall–Kier alpha value is -1.10. The lowest BCUT2D eigenvalue weighted by atomic mass is 10.1. The number of piperazine rings is 1. The van der Waals surface area contributed by atoms with Gasteiger partial charge in [0.1, 0.15) is 0 Å². The van der Waals surface area contributed by atoms with Crippen LogP contribution in [-0.4, -0.2) is 60.5 Å². The summed E-state index contributed by atoms with van der Waals surface area (Å²) in [6.07, 6.45) is 15.8. The Labute approximate surface area is 179 Å². The number of carboxylic acid groups (broad SMARTS) is 1. The summed E-state index contributed by atoms with van der Waals surface area (Å²) in [7, 11) is 0. The Balaban J connectivity index is 2.44. The molecule has 0 aromatic heterocycles. The van der Waals surface area contributed by atoms with E-state index in [-0.39, 0.29) is 18.7 Å². The van der Waals surface area contributed by atoms with E-state index in [2.05, 4.69) is 13.8 Å². The highest BCUT2D eigenvalue weighted by Crippen LogP contribution is 2.19. The summed E-state index contributed by atoms with van der Waals surface area (Å²) in [6, 6.07) is 0. The standard InChI is InChI=1S/C24H46N2O3/c1-3-5-7-9-11-13-19-26(20-14-12-10-8-6-4-2)21-17-25(18-22-26)23(27)15-16-24(28)29/h3-22H2,1-2H3. The van der Waals surface area contributed by atoms with Gasteiger partial charge in [0.2, 0.25) is 5.91 Å². The summed E-state index contributed by atoms with van der Waals surface area (Å²) in [5, 5.41) is 10.6. The predicted molar refractivity (Wildman–Crippen MR) is 117 cm³/mol. The van der Waals surface area contributed by atoms with Gasteiger partial charge in [-0.25, -0.2) is 0 Å². The summed E-state index contributed by atoms with van der Waals surface area (Å²) in [5.74, 6) is -1.15. The Kier molecular flexibility index (Phi) is 14.0. The average Bonchev–Trinajstić information content (AvgIpc) is 2.72. The van der Waals surface area contributed by atoms with Crippen molar-refractivity contribution < 1.29 is 19.2 Å². The molecule has 0 aromatic rings. The molecule has 0 aliphatic carbocycles. The number of amides is 1. The van der Waals surface area contributed by atoms with Crippen LogP contribution in [0.3, 0.4) is 0 Å². The highest BCUT2D eigenvalue weighted by Gasteiger charge is 2.33. The maximum atomic E-state index is 12.3. The summed E-state index contributed by atoms with van der Waals surface area (Å²) in [4.78, 5) is 24.8. The molecule has 0 saturated carbocycles. The Morgan fingerprint density at radius 3 is 1.62 bits per heavy atom. The number of hydrogen-bond acceptors (Lipinski definition) is 3. The number of unbranched alkanes of at least 4 members (excludes halogenated alkanes) is 10. The monoisotopic (exact) mass is 410 g/mol. The number of nitrogens with zero attached hydrogens (tertiary/aromatic N) is 2. The topological polar surface area (TPSA) is 60.4 Å². The van der Waals surface area contributed by atoms with E-state index < -0.39 is 5.97 Å². The first kappa shape index (κ1) is 25.9. The molecule has 1 amide bonds. The Morgan fingerprint density at radius 1 is 0.724 bits per heavy atom. The summed E-state index contributed by atoms with van der Waals surface area (Å²) >= 11 is 0. The molecular formula is C24H46N2O3. The molecule has 1 heterocycles. The molecule has 0 bridgehead atoms. The number of aliphatic carboxylic acids is 1. The molecule has 1 saturated heterocycles. The fourth-order valence-electron chi connectivity index (χ4n) is 4.52. The van der Waals surface area contributed by atoms with Crippen molar-refractivity contribution >= 4 is 11.9 Å². The van der Waals surface area contributed by atoms with Gasteiger partial charge in [-0.3, -0.25) is 4.79 Å². The van der Waals surface area contributed by atoms with Crippen molar-refractivity contribution in [2.75, 3.05) is 39.3 Å². The van der Waals surface area contributed by atoms with Crippen LogP contribution in [0.5, 0.6) is 0 Å². The molecule has 1 aliphatic heterocycles. The lowest BCUT2D eigenvalue weighted by molar-refractivity contribution is -0.932. The molecule has 170 valence electrons. The van der Waals surface area contributed by atoms with Gasteiger partial charge in [0, 0.05) is 12.4 Å². The second-order valence-electron chi connectivity index (χ2n) is 9.02. The second-order valence-corrected chi connectivity index (χ2v) is 9.02. The van der Waals surface area contributed by atoms with E-state index in [0.29, 0.717) is 0 Å². The van der Waals surface area contributed by atoms with E-state index in [1.54, 1.807) is 0 Å². The summed E-state index contributed by atoms with van der Waals surface area (Å²) in [6.45, 7) is 10.6. The van der Waals surface area contributed by atoms with Gasteiger partial charge in [0.05, 0.1) is 39.3 Å². The molecule has 5 heteroatoms. The number of hydrogen-bond donors (Lipinski definition) is 0. The van der Waals surface area contributed by atoms with Crippen LogP contribution in [0.1, 0.15) is 104 Å². The first-order valence-electron chi connectivity index (χ1n) is 12.4. The molecule has 1 aliphatic rings. The highest BCUT2D eigenvalue weighted by molar-refractivity contribution is 5.80. The van der Waals surface area contributed by atoms with Gasteiger partial charge < -0.3 is 19.3 Å². The smallest absolute Gasteiger partial charge is 0.223 e. The third kappa shape index (κ3) is 11.6. The van der Waals surface area contributed by atoms with Crippen LogP contribution < -0.4 is 5.11 Å². The quantitative estimate of drug-likeness (QED) is 0.270. The van der Waals surface area contributed by atoms with Gasteiger partial charge in [0.25, 0.3) is 0 Å². The van der Waals surface area contributed by atoms with E-state index in [1.165, 1.54) is 90.1 Å². The first-order valence-corrected chi connectivity index (χ1v) is 12.4. The summed E-state index contributed by atoms with van der Waals surface area (Å²) < 4.78 is 1.16. The number of rotatable bonds is 17. The lowest BCUT2D eigenvalue weighted by Gasteiger charge is -2.45. The first-order chi connectivity index (χ1) is 14.0. The molecule has 1 fully saturated rings. The van der Waals surface area contributed by atoms with Crippen molar-refractivity contribution in [1.82, 2.24) is 4.90 Å². The molecule has 0 aromatic carbocycles. The van der Waals surface area contributed by atoms with Crippen LogP contribution in [-0.2, 0) is 9.59 Å². The van der Waals surface area contributed by atoms with Crippen molar-refractivity contribution in [3.63, 3.8) is 0 Å². The zero-order valence-electron chi connectivity index (χ0n) is 19.3. The molecule has 0 N–H and O–H groups in total. The van der Waals surface area contributed by atoms with Crippen LogP contribution in [0.4, 0.5) is 0 Å². The summed E-state index contributed by atoms with van der Waals surface area (Å²) in [5.41, 5.74) is 0. The predicted octanol–water partition coefficient (Wildman–Crippen LogP) is 3.90. The van der Waals surface area contributed by atoms with Gasteiger partial charge in [-0.05, 0) is 32.1 Å². The molecule has 5 nitrogen and oxygen atoms in total. The molecule has 1 rings (SSSR count). The normalized spacial score (nSPS) is 16.1. The minimum atomic E-state index is -1.13. The van der Waals surface area contributed by atoms with Crippen LogP contribution in [0, 0.1) is 0 Å². The highest BCUT2D eigenvalue weighted by atomic mass is 16.4. The van der Waals surface area contributed by atoms with Crippen molar-refractivity contribution in [3.05, 3.63) is 0 Å². The molecule has 0 unspecified atom stereocenters. The zero-order valence-corrected chi connectivity index (χ0v) is 19.3. The molecule has 0 spiro atoms. The van der Waals surface area contributed by atoms with Crippen molar-refractivity contribution in [2.45, 2.75) is 104 Å². The van der Waals surface area contributed by atoms with Crippen molar-refractivity contribution in [3.8, 4) is 0 Å². The van der Waals surface area contributed by atoms with E-state index in [1.807, 2.05) is 4.90 Å². The van der Waals surface area contributed by atoms with Crippen LogP contribution in [0.15, 0.2) is 0 Å². The number of carbonyl (C=O) groups excluding carboxylic acids is 2. The van der Waals surface area contributed by atoms with Gasteiger partial charge in [-0.1, -0.05) is 65.2 Å². The van der Waals surface area contributed by atoms with Crippen LogP contribution in [0.2, 0.25) is 0 Å². The Bertz CT molecular complexity index is 427. The molecule has 0 radical (unpaired) electrons. The van der Waals surface area contributed by atoms with Crippen LogP contribution in [0.25, 0.3) is 0 Å². The average molecular weight is 411 g/mol. The minimum absolute atomic E-state index is 0.0221. The van der Waals surface area contributed by atoms with Crippen molar-refractivity contribution in [1.29, 1.82) is 0 Å². The maximum Gasteiger partial charge on any atom is 0.223 e. The lowest BCUT2D eigenvalue weighted by Crippen LogP contribution is -2.61. The third-order valence-electron chi connectivity index (χ3n) is 6.56. The number of carboxylic acids is 1. The fraction of sp³-hybridized carbons (Fsp3) is 0.917. The third-order valence-corrected chi connectivity index (χ3v) is 6.56. The molecule has 0 atom stereocenters. The number of quaternary nitrogens is 1. The SMILES string of the molecule is CCCCCCCC[N+]1(CCCCCCCC)CCN(C(=O)CCC(=O)[O-])CC1. The zero-order chi connectivity index (χ0) is 21.4. The van der Waals surface area contributed by atoms with E-state index in [0.717, 1.165) is 30.7 Å². The van der Waals surface area contributed by atoms with Gasteiger partial charge in [-0.2, -0.15) is 0 Å². The van der Waals surface area contributed by atoms with E-state index in [4.69, 9.17) is 0 Å². The second kappa shape index (κ2) is 15.7. The fourth-order valence-corrected chi connectivity index (χ4v) is 4.52. The molecule has 29 heavy (non-hydrogen) atoms. The minimum Gasteiger partial charge on any atom is -0.550 e. The van der Waals surface area contributed by atoms with Crippen molar-refractivity contribution in [2.24, 2.45) is 0 Å². The Morgan fingerprint density at radius 2 is 1.17 bits per heavy atom. The van der Waals surface area contributed by atoms with E-state index >= 15 is 0 Å². The van der Waals surface area contributed by atoms with E-state index in [9.17, 15) is 14.7 Å². The largest absolute Gasteiger partial charge is 0.550 e. The molecular weight excluding hydrogens is 364 g/mol. The van der Waals surface area contributed by atoms with Gasteiger partial charge >= 0.3 is 0 Å². The van der Waals surface area contributed by atoms with Gasteiger partial charge in [-0.15, -0.1) is 0 Å². The van der Waals surface area contributed by atoms with Gasteiger partial charge in [0.15, 0.2) is 0 Å². The number of carbonyl (C=O) groups is 2.